The highest BCUT2D eigenvalue weighted by Crippen LogP contribution is 2.41. The second-order valence-corrected chi connectivity index (χ2v) is 8.85. The van der Waals surface area contributed by atoms with Crippen molar-refractivity contribution in [3.8, 4) is 11.3 Å². The van der Waals surface area contributed by atoms with Gasteiger partial charge in [-0.05, 0) is 43.7 Å². The number of anilines is 2. The zero-order valence-electron chi connectivity index (χ0n) is 19.7. The molecule has 0 radical (unpaired) electrons. The number of hydrogen-bond acceptors (Lipinski definition) is 8. The first-order valence-corrected chi connectivity index (χ1v) is 11.7. The van der Waals surface area contributed by atoms with Crippen molar-refractivity contribution < 1.29 is 23.5 Å². The van der Waals surface area contributed by atoms with Crippen LogP contribution in [0, 0.1) is 11.7 Å². The normalized spacial score (nSPS) is 17.6. The van der Waals surface area contributed by atoms with E-state index < -0.39 is 23.8 Å². The van der Waals surface area contributed by atoms with Gasteiger partial charge in [-0.1, -0.05) is 24.3 Å². The molecule has 0 amide bonds. The summed E-state index contributed by atoms with van der Waals surface area (Å²) in [4.78, 5) is 34.4. The molecule has 9 heteroatoms. The Kier molecular flexibility index (Phi) is 7.07. The Bertz CT molecular complexity index is 1350. The molecule has 4 rings (SSSR count). The van der Waals surface area contributed by atoms with Crippen LogP contribution < -0.4 is 5.32 Å². The Balaban J connectivity index is 1.70. The Morgan fingerprint density at radius 2 is 1.83 bits per heavy atom. The van der Waals surface area contributed by atoms with Gasteiger partial charge < -0.3 is 14.8 Å². The number of thiazole rings is 1. The van der Waals surface area contributed by atoms with Gasteiger partial charge in [-0.25, -0.2) is 14.2 Å². The molecule has 35 heavy (non-hydrogen) atoms. The highest BCUT2D eigenvalue weighted by atomic mass is 32.1. The lowest BCUT2D eigenvalue weighted by atomic mass is 9.75. The number of aromatic nitrogens is 1. The van der Waals surface area contributed by atoms with Crippen LogP contribution in [0.4, 0.5) is 15.2 Å². The molecule has 0 bridgehead atoms. The molecule has 0 saturated carbocycles. The molecule has 2 atom stereocenters. The van der Waals surface area contributed by atoms with Gasteiger partial charge in [0, 0.05) is 34.0 Å². The molecule has 2 heterocycles. The van der Waals surface area contributed by atoms with E-state index in [1.54, 1.807) is 37.4 Å². The van der Waals surface area contributed by atoms with Gasteiger partial charge in [-0.3, -0.25) is 9.79 Å². The molecule has 180 valence electrons. The van der Waals surface area contributed by atoms with E-state index in [1.165, 1.54) is 31.6 Å². The van der Waals surface area contributed by atoms with Gasteiger partial charge in [-0.2, -0.15) is 0 Å². The van der Waals surface area contributed by atoms with Crippen LogP contribution in [-0.2, 0) is 19.1 Å². The number of nitrogens with one attached hydrogen (secondary N) is 1. The highest BCUT2D eigenvalue weighted by Gasteiger charge is 2.42. The molecular weight excluding hydrogens is 469 g/mol. The van der Waals surface area contributed by atoms with Gasteiger partial charge in [0.15, 0.2) is 5.13 Å². The number of nitrogens with zero attached hydrogens (tertiary/aromatic N) is 2. The lowest BCUT2D eigenvalue weighted by Gasteiger charge is -2.31. The van der Waals surface area contributed by atoms with Crippen LogP contribution in [0.3, 0.4) is 0 Å². The van der Waals surface area contributed by atoms with Crippen molar-refractivity contribution in [2.75, 3.05) is 19.5 Å². The first-order chi connectivity index (χ1) is 16.8. The fourth-order valence-corrected chi connectivity index (χ4v) is 4.99. The minimum atomic E-state index is -0.777. The predicted octanol–water partition coefficient (Wildman–Crippen LogP) is 5.49. The average molecular weight is 494 g/mol. The second-order valence-electron chi connectivity index (χ2n) is 7.99. The molecule has 1 aliphatic rings. The van der Waals surface area contributed by atoms with Gasteiger partial charge in [-0.15, -0.1) is 11.3 Å². The lowest BCUT2D eigenvalue weighted by molar-refractivity contribution is -0.143. The minimum absolute atomic E-state index is 0.307. The fraction of sp³-hybridized carbons (Fsp3) is 0.231. The number of methoxy groups -OCH3 is 2. The van der Waals surface area contributed by atoms with Crippen molar-refractivity contribution in [1.29, 1.82) is 0 Å². The van der Waals surface area contributed by atoms with Gasteiger partial charge >= 0.3 is 11.9 Å². The largest absolute Gasteiger partial charge is 0.468 e. The molecule has 2 unspecified atom stereocenters. The van der Waals surface area contributed by atoms with Crippen LogP contribution in [0.1, 0.15) is 25.3 Å². The summed E-state index contributed by atoms with van der Waals surface area (Å²) in [6.07, 6.45) is 0. The van der Waals surface area contributed by atoms with Gasteiger partial charge in [0.05, 0.1) is 25.5 Å². The number of carbonyl (C=O) groups is 2. The van der Waals surface area contributed by atoms with E-state index in [1.807, 2.05) is 24.3 Å². The Hall–Kier alpha value is -3.85. The zero-order valence-corrected chi connectivity index (χ0v) is 20.5. The van der Waals surface area contributed by atoms with E-state index in [0.717, 1.165) is 0 Å². The molecule has 7 nitrogen and oxygen atoms in total. The fourth-order valence-electron chi connectivity index (χ4n) is 4.26. The number of hydrogen-bond donors (Lipinski definition) is 1. The molecule has 0 fully saturated rings. The molecule has 1 aliphatic heterocycles. The number of rotatable bonds is 6. The number of carbonyl (C=O) groups excluding carboxylic acids is 2. The lowest BCUT2D eigenvalue weighted by Crippen LogP contribution is -2.36. The summed E-state index contributed by atoms with van der Waals surface area (Å²) in [7, 11) is 2.61. The van der Waals surface area contributed by atoms with Crippen LogP contribution in [0.2, 0.25) is 0 Å². The summed E-state index contributed by atoms with van der Waals surface area (Å²) in [5, 5.41) is 5.59. The smallest absolute Gasteiger partial charge is 0.336 e. The van der Waals surface area contributed by atoms with Crippen molar-refractivity contribution in [1.82, 2.24) is 4.98 Å². The van der Waals surface area contributed by atoms with E-state index in [0.29, 0.717) is 44.6 Å². The van der Waals surface area contributed by atoms with E-state index in [2.05, 4.69) is 15.3 Å². The van der Waals surface area contributed by atoms with Crippen molar-refractivity contribution >= 4 is 39.8 Å². The molecule has 0 spiro atoms. The topological polar surface area (TPSA) is 89.9 Å². The number of esters is 2. The van der Waals surface area contributed by atoms with E-state index >= 15 is 0 Å². The number of benzene rings is 2. The van der Waals surface area contributed by atoms with Crippen molar-refractivity contribution in [3.63, 3.8) is 0 Å². The number of halogens is 1. The predicted molar refractivity (Wildman–Crippen MR) is 133 cm³/mol. The summed E-state index contributed by atoms with van der Waals surface area (Å²) in [5.41, 5.74) is 3.72. The molecule has 2 aromatic carbocycles. The van der Waals surface area contributed by atoms with E-state index in [-0.39, 0.29) is 5.82 Å². The van der Waals surface area contributed by atoms with Crippen molar-refractivity contribution in [2.24, 2.45) is 10.9 Å². The summed E-state index contributed by atoms with van der Waals surface area (Å²) in [5.74, 6) is -2.80. The third kappa shape index (κ3) is 4.85. The number of allylic oxidation sites excluding steroid dienone is 1. The number of ether oxygens (including phenoxy) is 2. The summed E-state index contributed by atoms with van der Waals surface area (Å²) < 4.78 is 24.2. The molecule has 1 N–H and O–H groups in total. The highest BCUT2D eigenvalue weighted by molar-refractivity contribution is 7.14. The van der Waals surface area contributed by atoms with Gasteiger partial charge in [0.2, 0.25) is 0 Å². The summed E-state index contributed by atoms with van der Waals surface area (Å²) in [6.45, 7) is 3.46. The average Bonchev–Trinajstić information content (AvgIpc) is 3.31. The summed E-state index contributed by atoms with van der Waals surface area (Å²) in [6, 6.07) is 13.8. The Morgan fingerprint density at radius 1 is 1.06 bits per heavy atom. The second kappa shape index (κ2) is 10.2. The van der Waals surface area contributed by atoms with Crippen LogP contribution >= 0.6 is 11.3 Å². The first-order valence-electron chi connectivity index (χ1n) is 10.8. The Morgan fingerprint density at radius 3 is 2.54 bits per heavy atom. The standard InChI is InChI=1S/C26H24FN3O4S/c1-14-21(24(31)33-3)23(22(15(2)28-14)25(32)34-4)16-8-7-9-17(12-16)29-26-30-20(13-35-26)18-10-5-6-11-19(18)27/h5-13,21,23H,1-4H3,(H,29,30). The molecule has 3 aromatic rings. The summed E-state index contributed by atoms with van der Waals surface area (Å²) >= 11 is 1.34. The quantitative estimate of drug-likeness (QED) is 0.457. The third-order valence-corrected chi connectivity index (χ3v) is 6.60. The number of aliphatic imine (C=N–C) groups is 1. The van der Waals surface area contributed by atoms with Crippen LogP contribution in [0.25, 0.3) is 11.3 Å². The molecule has 0 aliphatic carbocycles. The van der Waals surface area contributed by atoms with Gasteiger partial charge in [0.1, 0.15) is 11.7 Å². The van der Waals surface area contributed by atoms with Crippen LogP contribution in [0.5, 0.6) is 0 Å². The Labute approximate surface area is 206 Å². The van der Waals surface area contributed by atoms with Crippen LogP contribution in [-0.4, -0.2) is 36.9 Å². The van der Waals surface area contributed by atoms with Crippen molar-refractivity contribution in [3.05, 3.63) is 76.6 Å². The monoisotopic (exact) mass is 493 g/mol. The first kappa shape index (κ1) is 24.3. The maximum absolute atomic E-state index is 14.2. The molecular formula is C26H24FN3O4S. The molecule has 0 saturated heterocycles. The van der Waals surface area contributed by atoms with Crippen LogP contribution in [0.15, 0.2) is 70.2 Å². The zero-order chi connectivity index (χ0) is 25.1. The molecule has 1 aromatic heterocycles. The SMILES string of the molecule is COC(=O)C1=C(C)N=C(C)C(C(=O)OC)C1c1cccc(Nc2nc(-c3ccccc3F)cs2)c1. The maximum Gasteiger partial charge on any atom is 0.336 e. The van der Waals surface area contributed by atoms with Crippen molar-refractivity contribution in [2.45, 2.75) is 19.8 Å². The maximum atomic E-state index is 14.2. The van der Waals surface area contributed by atoms with E-state index in [9.17, 15) is 14.0 Å². The van der Waals surface area contributed by atoms with Gasteiger partial charge in [0.25, 0.3) is 0 Å². The minimum Gasteiger partial charge on any atom is -0.468 e. The third-order valence-electron chi connectivity index (χ3n) is 5.84. The van der Waals surface area contributed by atoms with E-state index in [4.69, 9.17) is 9.47 Å².